The third kappa shape index (κ3) is 1.62. The first-order valence-corrected chi connectivity index (χ1v) is 9.09. The van der Waals surface area contributed by atoms with Gasteiger partial charge in [-0.2, -0.15) is 0 Å². The fraction of sp³-hybridized carbons (Fsp3) is 0.100. The van der Waals surface area contributed by atoms with E-state index in [1.807, 2.05) is 22.7 Å². The van der Waals surface area contributed by atoms with Crippen LogP contribution in [-0.4, -0.2) is 0 Å². The van der Waals surface area contributed by atoms with Crippen molar-refractivity contribution < 1.29 is 0 Å². The quantitative estimate of drug-likeness (QED) is 0.287. The normalized spacial score (nSPS) is 12.1. The molecule has 106 valence electrons. The van der Waals surface area contributed by atoms with Gasteiger partial charge in [0.2, 0.25) is 0 Å². The topological polar surface area (TPSA) is 0 Å². The molecular formula is C20H14S2. The van der Waals surface area contributed by atoms with Crippen molar-refractivity contribution >= 4 is 63.0 Å². The van der Waals surface area contributed by atoms with Crippen molar-refractivity contribution in [3.05, 3.63) is 59.7 Å². The Hall–Kier alpha value is -1.90. The minimum absolute atomic E-state index is 1.33. The Morgan fingerprint density at radius 1 is 0.591 bits per heavy atom. The van der Waals surface area contributed by atoms with Gasteiger partial charge in [0.05, 0.1) is 9.40 Å². The molecule has 0 radical (unpaired) electrons. The summed E-state index contributed by atoms with van der Waals surface area (Å²) in [7, 11) is 0. The lowest BCUT2D eigenvalue weighted by Crippen LogP contribution is -1.75. The molecule has 3 aromatic carbocycles. The second-order valence-corrected chi connectivity index (χ2v) is 8.10. The summed E-state index contributed by atoms with van der Waals surface area (Å²) in [5.41, 5.74) is 2.66. The average molecular weight is 318 g/mol. The Labute approximate surface area is 136 Å². The zero-order valence-corrected chi connectivity index (χ0v) is 14.1. The van der Waals surface area contributed by atoms with Crippen LogP contribution >= 0.6 is 22.7 Å². The van der Waals surface area contributed by atoms with Gasteiger partial charge in [-0.25, -0.2) is 0 Å². The largest absolute Gasteiger partial charge is 0.134 e. The molecule has 22 heavy (non-hydrogen) atoms. The molecule has 0 saturated heterocycles. The summed E-state index contributed by atoms with van der Waals surface area (Å²) in [5, 5.41) is 5.56. The molecular weight excluding hydrogens is 304 g/mol. The predicted octanol–water partition coefficient (Wildman–Crippen LogP) is 7.04. The van der Waals surface area contributed by atoms with Gasteiger partial charge in [-0.3, -0.25) is 0 Å². The molecule has 0 aliphatic rings. The maximum absolute atomic E-state index is 2.31. The molecule has 2 aromatic heterocycles. The van der Waals surface area contributed by atoms with Crippen molar-refractivity contribution in [2.24, 2.45) is 0 Å². The SMILES string of the molecule is Cc1ccc2c(ccc3c2sc2c4ccc(C)cc4sc32)c1. The van der Waals surface area contributed by atoms with E-state index in [1.165, 1.54) is 51.5 Å². The Balaban J connectivity index is 2.00. The second-order valence-electron chi connectivity index (χ2n) is 6.03. The molecule has 0 bridgehead atoms. The number of fused-ring (bicyclic) bond motifs is 7. The van der Waals surface area contributed by atoms with E-state index < -0.39 is 0 Å². The molecule has 2 heterocycles. The first-order valence-electron chi connectivity index (χ1n) is 7.45. The number of rotatable bonds is 0. The lowest BCUT2D eigenvalue weighted by molar-refractivity contribution is 1.51. The summed E-state index contributed by atoms with van der Waals surface area (Å²) in [6.07, 6.45) is 0. The van der Waals surface area contributed by atoms with Crippen LogP contribution in [0.1, 0.15) is 11.1 Å². The minimum atomic E-state index is 1.33. The lowest BCUT2D eigenvalue weighted by atomic mass is 10.1. The predicted molar refractivity (Wildman–Crippen MR) is 102 cm³/mol. The van der Waals surface area contributed by atoms with E-state index in [9.17, 15) is 0 Å². The molecule has 0 saturated carbocycles. The van der Waals surface area contributed by atoms with Crippen molar-refractivity contribution in [2.45, 2.75) is 13.8 Å². The highest BCUT2D eigenvalue weighted by molar-refractivity contribution is 7.37. The lowest BCUT2D eigenvalue weighted by Gasteiger charge is -2.01. The summed E-state index contributed by atoms with van der Waals surface area (Å²) in [6, 6.07) is 18.2. The highest BCUT2D eigenvalue weighted by Crippen LogP contribution is 2.46. The minimum Gasteiger partial charge on any atom is -0.134 e. The van der Waals surface area contributed by atoms with Crippen LogP contribution in [0.4, 0.5) is 0 Å². The third-order valence-electron chi connectivity index (χ3n) is 4.37. The van der Waals surface area contributed by atoms with Gasteiger partial charge in [0.1, 0.15) is 0 Å². The van der Waals surface area contributed by atoms with Crippen molar-refractivity contribution in [1.29, 1.82) is 0 Å². The summed E-state index contributed by atoms with van der Waals surface area (Å²) in [4.78, 5) is 0. The average Bonchev–Trinajstić information content (AvgIpc) is 3.02. The highest BCUT2D eigenvalue weighted by atomic mass is 32.1. The Kier molecular flexibility index (Phi) is 2.47. The highest BCUT2D eigenvalue weighted by Gasteiger charge is 2.13. The number of hydrogen-bond acceptors (Lipinski definition) is 2. The Morgan fingerprint density at radius 2 is 1.27 bits per heavy atom. The van der Waals surface area contributed by atoms with Gasteiger partial charge < -0.3 is 0 Å². The fourth-order valence-corrected chi connectivity index (χ4v) is 6.15. The molecule has 0 aliphatic carbocycles. The summed E-state index contributed by atoms with van der Waals surface area (Å²) in [6.45, 7) is 4.33. The smallest absolute Gasteiger partial charge is 0.0542 e. The zero-order valence-electron chi connectivity index (χ0n) is 12.4. The van der Waals surface area contributed by atoms with Crippen molar-refractivity contribution in [2.75, 3.05) is 0 Å². The number of hydrogen-bond donors (Lipinski definition) is 0. The third-order valence-corrected chi connectivity index (χ3v) is 6.96. The number of aryl methyl sites for hydroxylation is 2. The summed E-state index contributed by atoms with van der Waals surface area (Å²) in [5.74, 6) is 0. The van der Waals surface area contributed by atoms with Crippen molar-refractivity contribution in [3.63, 3.8) is 0 Å². The number of benzene rings is 3. The van der Waals surface area contributed by atoms with E-state index in [4.69, 9.17) is 0 Å². The fourth-order valence-electron chi connectivity index (χ4n) is 3.27. The van der Waals surface area contributed by atoms with Gasteiger partial charge in [-0.1, -0.05) is 48.0 Å². The van der Waals surface area contributed by atoms with E-state index in [0.29, 0.717) is 0 Å². The van der Waals surface area contributed by atoms with Gasteiger partial charge >= 0.3 is 0 Å². The molecule has 2 heteroatoms. The zero-order chi connectivity index (χ0) is 14.8. The van der Waals surface area contributed by atoms with Crippen LogP contribution in [0.15, 0.2) is 48.5 Å². The summed E-state index contributed by atoms with van der Waals surface area (Å²) < 4.78 is 5.74. The van der Waals surface area contributed by atoms with Crippen molar-refractivity contribution in [3.8, 4) is 0 Å². The van der Waals surface area contributed by atoms with Crippen LogP contribution in [0.2, 0.25) is 0 Å². The standard InChI is InChI=1S/C20H14S2/c1-11-3-6-14-13(9-11)5-8-16-18(14)22-19-15-7-4-12(2)10-17(15)21-20(16)19/h3-10H,1-2H3. The van der Waals surface area contributed by atoms with Crippen LogP contribution < -0.4 is 0 Å². The van der Waals surface area contributed by atoms with Crippen LogP contribution in [0.3, 0.4) is 0 Å². The van der Waals surface area contributed by atoms with Crippen LogP contribution in [0.25, 0.3) is 40.3 Å². The van der Waals surface area contributed by atoms with Crippen LogP contribution in [-0.2, 0) is 0 Å². The van der Waals surface area contributed by atoms with E-state index in [-0.39, 0.29) is 0 Å². The number of thiophene rings is 2. The maximum Gasteiger partial charge on any atom is 0.0542 e. The molecule has 0 fully saturated rings. The van der Waals surface area contributed by atoms with E-state index >= 15 is 0 Å². The first-order chi connectivity index (χ1) is 10.7. The molecule has 5 rings (SSSR count). The molecule has 0 atom stereocenters. The molecule has 0 aliphatic heterocycles. The molecule has 0 N–H and O–H groups in total. The first kappa shape index (κ1) is 12.6. The van der Waals surface area contributed by atoms with Gasteiger partial charge in [0.15, 0.2) is 0 Å². The Morgan fingerprint density at radius 3 is 2.14 bits per heavy atom. The molecule has 0 amide bonds. The van der Waals surface area contributed by atoms with Gasteiger partial charge in [0.25, 0.3) is 0 Å². The van der Waals surface area contributed by atoms with E-state index in [1.54, 1.807) is 0 Å². The van der Waals surface area contributed by atoms with Crippen LogP contribution in [0, 0.1) is 13.8 Å². The molecule has 0 nitrogen and oxygen atoms in total. The summed E-state index contributed by atoms with van der Waals surface area (Å²) >= 11 is 3.88. The maximum atomic E-state index is 2.31. The molecule has 5 aromatic rings. The van der Waals surface area contributed by atoms with Gasteiger partial charge in [-0.15, -0.1) is 22.7 Å². The monoisotopic (exact) mass is 318 g/mol. The second kappa shape index (κ2) is 4.31. The Bertz CT molecular complexity index is 1180. The van der Waals surface area contributed by atoms with Gasteiger partial charge in [0, 0.05) is 20.2 Å². The van der Waals surface area contributed by atoms with Crippen molar-refractivity contribution in [1.82, 2.24) is 0 Å². The molecule has 0 spiro atoms. The van der Waals surface area contributed by atoms with Gasteiger partial charge in [-0.05, 0) is 36.2 Å². The van der Waals surface area contributed by atoms with Crippen LogP contribution in [0.5, 0.6) is 0 Å². The van der Waals surface area contributed by atoms with E-state index in [0.717, 1.165) is 0 Å². The molecule has 0 unspecified atom stereocenters. The van der Waals surface area contributed by atoms with E-state index in [2.05, 4.69) is 62.4 Å².